The van der Waals surface area contributed by atoms with Crippen molar-refractivity contribution in [2.45, 2.75) is 39.3 Å². The van der Waals surface area contributed by atoms with Gasteiger partial charge in [0.15, 0.2) is 5.76 Å². The molecule has 3 N–H and O–H groups in total. The molecule has 0 aliphatic rings. The van der Waals surface area contributed by atoms with Crippen molar-refractivity contribution in [1.82, 2.24) is 5.32 Å². The van der Waals surface area contributed by atoms with Crippen molar-refractivity contribution in [2.75, 3.05) is 0 Å². The van der Waals surface area contributed by atoms with Gasteiger partial charge in [-0.05, 0) is 25.5 Å². The maximum Gasteiger partial charge on any atom is 0.287 e. The Morgan fingerprint density at radius 1 is 1.60 bits per heavy atom. The Hall–Kier alpha value is -1.29. The van der Waals surface area contributed by atoms with Gasteiger partial charge in [-0.15, -0.1) is 0 Å². The zero-order valence-corrected chi connectivity index (χ0v) is 9.25. The number of hydrogen-bond acceptors (Lipinski definition) is 3. The minimum atomic E-state index is -0.171. The molecule has 0 saturated heterocycles. The zero-order valence-electron chi connectivity index (χ0n) is 9.25. The van der Waals surface area contributed by atoms with E-state index in [1.54, 1.807) is 12.1 Å². The first-order valence-corrected chi connectivity index (χ1v) is 5.27. The second-order valence-electron chi connectivity index (χ2n) is 3.63. The Labute approximate surface area is 89.8 Å². The average molecular weight is 210 g/mol. The molecule has 4 heteroatoms. The van der Waals surface area contributed by atoms with E-state index < -0.39 is 0 Å². The van der Waals surface area contributed by atoms with Crippen molar-refractivity contribution in [3.63, 3.8) is 0 Å². The molecule has 1 unspecified atom stereocenters. The predicted molar refractivity (Wildman–Crippen MR) is 58.4 cm³/mol. The molecule has 0 aliphatic carbocycles. The molecule has 1 aromatic rings. The van der Waals surface area contributed by atoms with Crippen LogP contribution >= 0.6 is 0 Å². The summed E-state index contributed by atoms with van der Waals surface area (Å²) in [5.41, 5.74) is 5.39. The van der Waals surface area contributed by atoms with E-state index in [9.17, 15) is 4.79 Å². The standard InChI is InChI=1S/C11H18N2O2/c1-3-4-8(2)13-11(14)10-6-5-9(7-12)15-10/h5-6,8H,3-4,7,12H2,1-2H3,(H,13,14). The van der Waals surface area contributed by atoms with E-state index in [1.807, 2.05) is 6.92 Å². The summed E-state index contributed by atoms with van der Waals surface area (Å²) in [4.78, 5) is 11.6. The topological polar surface area (TPSA) is 68.3 Å². The maximum atomic E-state index is 11.6. The molecule has 0 bridgehead atoms. The van der Waals surface area contributed by atoms with Gasteiger partial charge >= 0.3 is 0 Å². The highest BCUT2D eigenvalue weighted by Crippen LogP contribution is 2.07. The first-order valence-electron chi connectivity index (χ1n) is 5.27. The van der Waals surface area contributed by atoms with Crippen LogP contribution < -0.4 is 11.1 Å². The number of carbonyl (C=O) groups excluding carboxylic acids is 1. The normalized spacial score (nSPS) is 12.5. The van der Waals surface area contributed by atoms with Crippen LogP contribution in [0.5, 0.6) is 0 Å². The molecule has 1 rings (SSSR count). The van der Waals surface area contributed by atoms with Gasteiger partial charge in [0.05, 0.1) is 6.54 Å². The molecule has 0 radical (unpaired) electrons. The van der Waals surface area contributed by atoms with Gasteiger partial charge in [0.2, 0.25) is 0 Å². The summed E-state index contributed by atoms with van der Waals surface area (Å²) in [5, 5.41) is 2.86. The van der Waals surface area contributed by atoms with Crippen LogP contribution in [0.3, 0.4) is 0 Å². The zero-order chi connectivity index (χ0) is 11.3. The van der Waals surface area contributed by atoms with E-state index in [-0.39, 0.29) is 11.9 Å². The molecule has 0 aromatic carbocycles. The number of amides is 1. The Kier molecular flexibility index (Phi) is 4.37. The van der Waals surface area contributed by atoms with Crippen LogP contribution in [0.25, 0.3) is 0 Å². The summed E-state index contributed by atoms with van der Waals surface area (Å²) >= 11 is 0. The van der Waals surface area contributed by atoms with E-state index in [1.165, 1.54) is 0 Å². The van der Waals surface area contributed by atoms with Gasteiger partial charge in [0.25, 0.3) is 5.91 Å². The molecular formula is C11H18N2O2. The number of nitrogens with two attached hydrogens (primary N) is 1. The van der Waals surface area contributed by atoms with Crippen LogP contribution in [0.15, 0.2) is 16.5 Å². The third kappa shape index (κ3) is 3.40. The fourth-order valence-corrected chi connectivity index (χ4v) is 1.41. The molecule has 4 nitrogen and oxygen atoms in total. The maximum absolute atomic E-state index is 11.6. The molecule has 1 amide bonds. The highest BCUT2D eigenvalue weighted by atomic mass is 16.4. The summed E-state index contributed by atoms with van der Waals surface area (Å²) < 4.78 is 5.24. The van der Waals surface area contributed by atoms with Gasteiger partial charge in [-0.1, -0.05) is 13.3 Å². The highest BCUT2D eigenvalue weighted by molar-refractivity contribution is 5.91. The smallest absolute Gasteiger partial charge is 0.287 e. The molecule has 0 aliphatic heterocycles. The van der Waals surface area contributed by atoms with Gasteiger partial charge in [-0.2, -0.15) is 0 Å². The number of nitrogens with one attached hydrogen (secondary N) is 1. The second kappa shape index (κ2) is 5.56. The van der Waals surface area contributed by atoms with E-state index in [2.05, 4.69) is 12.2 Å². The third-order valence-corrected chi connectivity index (χ3v) is 2.19. The van der Waals surface area contributed by atoms with Gasteiger partial charge in [-0.3, -0.25) is 4.79 Å². The van der Waals surface area contributed by atoms with Gasteiger partial charge in [-0.25, -0.2) is 0 Å². The molecule has 0 spiro atoms. The van der Waals surface area contributed by atoms with Crippen LogP contribution in [0, 0.1) is 0 Å². The summed E-state index contributed by atoms with van der Waals surface area (Å²) in [6.45, 7) is 4.38. The fraction of sp³-hybridized carbons (Fsp3) is 0.545. The lowest BCUT2D eigenvalue weighted by Crippen LogP contribution is -2.32. The highest BCUT2D eigenvalue weighted by Gasteiger charge is 2.12. The molecule has 1 aromatic heterocycles. The lowest BCUT2D eigenvalue weighted by atomic mass is 10.2. The first kappa shape index (κ1) is 11.8. The monoisotopic (exact) mass is 210 g/mol. The van der Waals surface area contributed by atoms with E-state index in [0.29, 0.717) is 18.1 Å². The lowest BCUT2D eigenvalue weighted by Gasteiger charge is -2.10. The Morgan fingerprint density at radius 3 is 2.87 bits per heavy atom. The van der Waals surface area contributed by atoms with Crippen LogP contribution in [0.2, 0.25) is 0 Å². The van der Waals surface area contributed by atoms with Crippen molar-refractivity contribution in [2.24, 2.45) is 5.73 Å². The van der Waals surface area contributed by atoms with Crippen molar-refractivity contribution >= 4 is 5.91 Å². The molecule has 1 atom stereocenters. The van der Waals surface area contributed by atoms with E-state index >= 15 is 0 Å². The minimum absolute atomic E-state index is 0.171. The molecule has 84 valence electrons. The Bertz CT molecular complexity index is 320. The second-order valence-corrected chi connectivity index (χ2v) is 3.63. The third-order valence-electron chi connectivity index (χ3n) is 2.19. The number of carbonyl (C=O) groups is 1. The quantitative estimate of drug-likeness (QED) is 0.776. The minimum Gasteiger partial charge on any atom is -0.455 e. The Morgan fingerprint density at radius 2 is 2.33 bits per heavy atom. The van der Waals surface area contributed by atoms with Crippen LogP contribution in [-0.4, -0.2) is 11.9 Å². The average Bonchev–Trinajstić information content (AvgIpc) is 2.66. The van der Waals surface area contributed by atoms with E-state index in [4.69, 9.17) is 10.2 Å². The van der Waals surface area contributed by atoms with Crippen molar-refractivity contribution in [1.29, 1.82) is 0 Å². The molecular weight excluding hydrogens is 192 g/mol. The predicted octanol–water partition coefficient (Wildman–Crippen LogP) is 1.66. The summed E-state index contributed by atoms with van der Waals surface area (Å²) in [7, 11) is 0. The van der Waals surface area contributed by atoms with Crippen molar-refractivity contribution < 1.29 is 9.21 Å². The van der Waals surface area contributed by atoms with Crippen LogP contribution in [-0.2, 0) is 6.54 Å². The summed E-state index contributed by atoms with van der Waals surface area (Å²) in [6.07, 6.45) is 2.02. The number of hydrogen-bond donors (Lipinski definition) is 2. The SMILES string of the molecule is CCCC(C)NC(=O)c1ccc(CN)o1. The Balaban J connectivity index is 2.53. The molecule has 1 heterocycles. The first-order chi connectivity index (χ1) is 7.17. The summed E-state index contributed by atoms with van der Waals surface area (Å²) in [6, 6.07) is 3.55. The largest absolute Gasteiger partial charge is 0.455 e. The molecule has 15 heavy (non-hydrogen) atoms. The van der Waals surface area contributed by atoms with Crippen LogP contribution in [0.4, 0.5) is 0 Å². The molecule has 0 fully saturated rings. The van der Waals surface area contributed by atoms with Crippen molar-refractivity contribution in [3.8, 4) is 0 Å². The lowest BCUT2D eigenvalue weighted by molar-refractivity contribution is 0.0908. The van der Waals surface area contributed by atoms with Crippen LogP contribution in [0.1, 0.15) is 43.0 Å². The fourth-order valence-electron chi connectivity index (χ4n) is 1.41. The van der Waals surface area contributed by atoms with Gasteiger partial charge in [0, 0.05) is 6.04 Å². The number of furan rings is 1. The van der Waals surface area contributed by atoms with Gasteiger partial charge < -0.3 is 15.5 Å². The van der Waals surface area contributed by atoms with Crippen molar-refractivity contribution in [3.05, 3.63) is 23.7 Å². The van der Waals surface area contributed by atoms with E-state index in [0.717, 1.165) is 12.8 Å². The summed E-state index contributed by atoms with van der Waals surface area (Å²) in [5.74, 6) is 0.789. The number of rotatable bonds is 5. The molecule has 0 saturated carbocycles. The van der Waals surface area contributed by atoms with Gasteiger partial charge in [0.1, 0.15) is 5.76 Å².